The smallest absolute Gasteiger partial charge is 0.261 e. The molecule has 0 radical (unpaired) electrons. The molecule has 1 heterocycles. The van der Waals surface area contributed by atoms with Gasteiger partial charge >= 0.3 is 0 Å². The van der Waals surface area contributed by atoms with E-state index in [1.807, 2.05) is 0 Å². The van der Waals surface area contributed by atoms with Gasteiger partial charge in [0.25, 0.3) is 5.91 Å². The summed E-state index contributed by atoms with van der Waals surface area (Å²) in [6.45, 7) is -0.174. The summed E-state index contributed by atoms with van der Waals surface area (Å²) in [5.74, 6) is 0.362. The Labute approximate surface area is 158 Å². The Bertz CT molecular complexity index is 747. The van der Waals surface area contributed by atoms with Gasteiger partial charge in [-0.25, -0.2) is 8.42 Å². The lowest BCUT2D eigenvalue weighted by atomic mass is 10.1. The van der Waals surface area contributed by atoms with Gasteiger partial charge in [0.05, 0.1) is 16.5 Å². The standard InChI is InChI=1S/C17H21Cl2NO4S/c18-14-6-3-7-15(17(14)19)24-10-16(21)20(12-4-1-2-5-12)13-8-9-25(22,23)11-13/h3,6-7,12-13H,1-2,4-5,8-11H2/t13-/m1/s1. The fraction of sp³-hybridized carbons (Fsp3) is 0.588. The van der Waals surface area contributed by atoms with Crippen molar-refractivity contribution < 1.29 is 17.9 Å². The molecule has 1 amide bonds. The van der Waals surface area contributed by atoms with Crippen LogP contribution in [0.5, 0.6) is 5.75 Å². The van der Waals surface area contributed by atoms with E-state index in [9.17, 15) is 13.2 Å². The van der Waals surface area contributed by atoms with Crippen molar-refractivity contribution in [1.29, 1.82) is 0 Å². The first-order chi connectivity index (χ1) is 11.9. The lowest BCUT2D eigenvalue weighted by Crippen LogP contribution is -2.48. The number of rotatable bonds is 5. The second-order valence-corrected chi connectivity index (χ2v) is 9.65. The number of ether oxygens (including phenoxy) is 1. The number of amides is 1. The summed E-state index contributed by atoms with van der Waals surface area (Å²) in [6.07, 6.45) is 4.46. The summed E-state index contributed by atoms with van der Waals surface area (Å²) >= 11 is 12.0. The molecule has 1 aromatic rings. The van der Waals surface area contributed by atoms with Crippen LogP contribution < -0.4 is 4.74 Å². The molecule has 1 aliphatic carbocycles. The number of carbonyl (C=O) groups is 1. The predicted molar refractivity (Wildman–Crippen MR) is 98.1 cm³/mol. The molecule has 0 unspecified atom stereocenters. The first-order valence-electron chi connectivity index (χ1n) is 8.46. The molecule has 2 aliphatic rings. The number of sulfone groups is 1. The zero-order chi connectivity index (χ0) is 18.0. The van der Waals surface area contributed by atoms with Crippen LogP contribution in [0.15, 0.2) is 18.2 Å². The van der Waals surface area contributed by atoms with Crippen molar-refractivity contribution in [2.24, 2.45) is 0 Å². The normalized spacial score (nSPS) is 22.9. The number of nitrogens with zero attached hydrogens (tertiary/aromatic N) is 1. The van der Waals surface area contributed by atoms with Gasteiger partial charge in [0, 0.05) is 12.1 Å². The fourth-order valence-electron chi connectivity index (χ4n) is 3.69. The Hall–Kier alpha value is -0.980. The summed E-state index contributed by atoms with van der Waals surface area (Å²) in [5, 5.41) is 0.633. The van der Waals surface area contributed by atoms with Crippen LogP contribution in [-0.2, 0) is 14.6 Å². The van der Waals surface area contributed by atoms with Crippen molar-refractivity contribution in [2.45, 2.75) is 44.2 Å². The van der Waals surface area contributed by atoms with Crippen LogP contribution in [0.2, 0.25) is 10.0 Å². The van der Waals surface area contributed by atoms with E-state index < -0.39 is 9.84 Å². The quantitative estimate of drug-likeness (QED) is 0.753. The van der Waals surface area contributed by atoms with E-state index >= 15 is 0 Å². The van der Waals surface area contributed by atoms with Crippen molar-refractivity contribution in [2.75, 3.05) is 18.1 Å². The van der Waals surface area contributed by atoms with E-state index in [0.29, 0.717) is 17.2 Å². The monoisotopic (exact) mass is 405 g/mol. The molecule has 8 heteroatoms. The highest BCUT2D eigenvalue weighted by Crippen LogP contribution is 2.32. The molecule has 138 valence electrons. The molecule has 0 bridgehead atoms. The van der Waals surface area contributed by atoms with Crippen molar-refractivity contribution >= 4 is 38.9 Å². The molecule has 1 aromatic carbocycles. The van der Waals surface area contributed by atoms with Crippen molar-refractivity contribution in [1.82, 2.24) is 4.90 Å². The number of halogens is 2. The molecular formula is C17H21Cl2NO4S. The largest absolute Gasteiger partial charge is 0.482 e. The third-order valence-electron chi connectivity index (χ3n) is 4.88. The molecule has 1 saturated carbocycles. The SMILES string of the molecule is O=C(COc1cccc(Cl)c1Cl)N(C1CCCC1)[C@@H]1CCS(=O)(=O)C1. The summed E-state index contributed by atoms with van der Waals surface area (Å²) in [7, 11) is -3.06. The topological polar surface area (TPSA) is 63.7 Å². The molecule has 1 saturated heterocycles. The van der Waals surface area contributed by atoms with Gasteiger partial charge in [-0.15, -0.1) is 0 Å². The van der Waals surface area contributed by atoms with Crippen molar-refractivity contribution in [3.8, 4) is 5.75 Å². The number of hydrogen-bond donors (Lipinski definition) is 0. The first-order valence-corrected chi connectivity index (χ1v) is 11.0. The van der Waals surface area contributed by atoms with Crippen LogP contribution in [0, 0.1) is 0 Å². The van der Waals surface area contributed by atoms with Gasteiger partial charge in [-0.3, -0.25) is 4.79 Å². The van der Waals surface area contributed by atoms with Crippen LogP contribution >= 0.6 is 23.2 Å². The van der Waals surface area contributed by atoms with Crippen molar-refractivity contribution in [3.05, 3.63) is 28.2 Å². The third-order valence-corrected chi connectivity index (χ3v) is 7.43. The second-order valence-electron chi connectivity index (χ2n) is 6.64. The second kappa shape index (κ2) is 7.72. The van der Waals surface area contributed by atoms with E-state index in [0.717, 1.165) is 25.7 Å². The number of hydrogen-bond acceptors (Lipinski definition) is 4. The molecule has 3 rings (SSSR count). The molecule has 5 nitrogen and oxygen atoms in total. The molecule has 0 spiro atoms. The minimum atomic E-state index is -3.06. The van der Waals surface area contributed by atoms with Gasteiger partial charge in [-0.05, 0) is 31.4 Å². The maximum Gasteiger partial charge on any atom is 0.261 e. The molecule has 0 N–H and O–H groups in total. The average molecular weight is 406 g/mol. The Morgan fingerprint density at radius 3 is 2.52 bits per heavy atom. The average Bonchev–Trinajstić information content (AvgIpc) is 3.19. The predicted octanol–water partition coefficient (Wildman–Crippen LogP) is 3.33. The summed E-state index contributed by atoms with van der Waals surface area (Å²) < 4.78 is 29.3. The summed E-state index contributed by atoms with van der Waals surface area (Å²) in [4.78, 5) is 14.6. The van der Waals surface area contributed by atoms with Gasteiger partial charge in [0.1, 0.15) is 10.8 Å². The van der Waals surface area contributed by atoms with E-state index in [1.165, 1.54) is 0 Å². The summed E-state index contributed by atoms with van der Waals surface area (Å²) in [6, 6.07) is 4.85. The molecule has 2 fully saturated rings. The summed E-state index contributed by atoms with van der Waals surface area (Å²) in [5.41, 5.74) is 0. The first kappa shape index (κ1) is 18.8. The molecule has 25 heavy (non-hydrogen) atoms. The lowest BCUT2D eigenvalue weighted by molar-refractivity contribution is -0.137. The highest BCUT2D eigenvalue weighted by atomic mass is 35.5. The van der Waals surface area contributed by atoms with Gasteiger partial charge in [-0.2, -0.15) is 0 Å². The van der Waals surface area contributed by atoms with Crippen LogP contribution in [0.4, 0.5) is 0 Å². The van der Waals surface area contributed by atoms with Crippen LogP contribution in [0.25, 0.3) is 0 Å². The maximum atomic E-state index is 12.8. The Kier molecular flexibility index (Phi) is 5.81. The minimum Gasteiger partial charge on any atom is -0.482 e. The molecule has 1 aliphatic heterocycles. The fourth-order valence-corrected chi connectivity index (χ4v) is 5.75. The van der Waals surface area contributed by atoms with Gasteiger partial charge in [-0.1, -0.05) is 42.1 Å². The maximum absolute atomic E-state index is 12.8. The van der Waals surface area contributed by atoms with Gasteiger partial charge in [0.2, 0.25) is 0 Å². The van der Waals surface area contributed by atoms with E-state index in [4.69, 9.17) is 27.9 Å². The number of carbonyl (C=O) groups excluding carboxylic acids is 1. The molecule has 0 aromatic heterocycles. The third kappa shape index (κ3) is 4.41. The van der Waals surface area contributed by atoms with Crippen LogP contribution in [0.1, 0.15) is 32.1 Å². The van der Waals surface area contributed by atoms with Crippen molar-refractivity contribution in [3.63, 3.8) is 0 Å². The Morgan fingerprint density at radius 1 is 1.16 bits per heavy atom. The van der Waals surface area contributed by atoms with E-state index in [-0.39, 0.29) is 41.1 Å². The van der Waals surface area contributed by atoms with Crippen LogP contribution in [-0.4, -0.2) is 49.4 Å². The molecular weight excluding hydrogens is 385 g/mol. The zero-order valence-corrected chi connectivity index (χ0v) is 16.1. The van der Waals surface area contributed by atoms with E-state index in [1.54, 1.807) is 23.1 Å². The number of benzene rings is 1. The lowest BCUT2D eigenvalue weighted by Gasteiger charge is -2.34. The zero-order valence-electron chi connectivity index (χ0n) is 13.8. The highest BCUT2D eigenvalue weighted by Gasteiger charge is 2.39. The Morgan fingerprint density at radius 2 is 1.88 bits per heavy atom. The minimum absolute atomic E-state index is 0.0488. The van der Waals surface area contributed by atoms with E-state index in [2.05, 4.69) is 0 Å². The highest BCUT2D eigenvalue weighted by molar-refractivity contribution is 7.91. The van der Waals surface area contributed by atoms with Crippen LogP contribution in [0.3, 0.4) is 0 Å². The Balaban J connectivity index is 1.72. The van der Waals surface area contributed by atoms with Gasteiger partial charge < -0.3 is 9.64 Å². The molecule has 1 atom stereocenters. The van der Waals surface area contributed by atoms with Gasteiger partial charge in [0.15, 0.2) is 16.4 Å².